The molecule has 1 aromatic carbocycles. The van der Waals surface area contributed by atoms with Gasteiger partial charge >= 0.3 is 0 Å². The summed E-state index contributed by atoms with van der Waals surface area (Å²) in [6.07, 6.45) is 1.50. The molecule has 1 saturated carbocycles. The van der Waals surface area contributed by atoms with Crippen LogP contribution in [0.5, 0.6) is 0 Å². The Morgan fingerprint density at radius 1 is 1.32 bits per heavy atom. The van der Waals surface area contributed by atoms with E-state index in [1.54, 1.807) is 35.1 Å². The first-order valence-corrected chi connectivity index (χ1v) is 7.12. The van der Waals surface area contributed by atoms with Crippen molar-refractivity contribution < 1.29 is 13.6 Å². The number of hydrogen-bond acceptors (Lipinski definition) is 3. The zero-order chi connectivity index (χ0) is 15.6. The first-order valence-electron chi connectivity index (χ1n) is 7.12. The fraction of sp³-hybridized carbons (Fsp3) is 0.400. The van der Waals surface area contributed by atoms with Crippen LogP contribution in [0.4, 0.5) is 8.78 Å². The topological polar surface area (TPSA) is 59.8 Å². The zero-order valence-electron chi connectivity index (χ0n) is 11.9. The largest absolute Gasteiger partial charge is 0.346 e. The number of alkyl halides is 2. The second kappa shape index (κ2) is 5.82. The van der Waals surface area contributed by atoms with Crippen LogP contribution in [0.1, 0.15) is 28.9 Å². The number of nitrogens with zero attached hydrogens (tertiary/aromatic N) is 3. The molecule has 1 amide bonds. The Bertz CT molecular complexity index is 649. The minimum atomic E-state index is -2.52. The molecule has 0 radical (unpaired) electrons. The quantitative estimate of drug-likeness (QED) is 0.921. The number of carbonyl (C=O) groups excluding carboxylic acids is 1. The Hall–Kier alpha value is -2.31. The molecule has 22 heavy (non-hydrogen) atoms. The van der Waals surface area contributed by atoms with Crippen LogP contribution in [0.15, 0.2) is 36.5 Å². The Kier molecular flexibility index (Phi) is 3.87. The summed E-state index contributed by atoms with van der Waals surface area (Å²) in [6.45, 7) is 0.698. The standard InChI is InChI=1S/C15H16F2N4O/c16-15(17)6-11(7-15)9-21-10-13(19-20-21)8-18-14(22)12-4-2-1-3-5-12/h1-5,10-11H,6-9H2,(H,18,22). The molecule has 0 atom stereocenters. The number of benzene rings is 1. The van der Waals surface area contributed by atoms with Crippen molar-refractivity contribution in [2.45, 2.75) is 31.9 Å². The lowest BCUT2D eigenvalue weighted by Crippen LogP contribution is -2.37. The number of carbonyl (C=O) groups is 1. The van der Waals surface area contributed by atoms with Crippen molar-refractivity contribution in [1.29, 1.82) is 0 Å². The van der Waals surface area contributed by atoms with Crippen molar-refractivity contribution >= 4 is 5.91 Å². The molecule has 1 heterocycles. The number of hydrogen-bond donors (Lipinski definition) is 1. The van der Waals surface area contributed by atoms with Gasteiger partial charge in [0.25, 0.3) is 5.91 Å². The van der Waals surface area contributed by atoms with Crippen molar-refractivity contribution in [2.75, 3.05) is 0 Å². The number of aromatic nitrogens is 3. The highest BCUT2D eigenvalue weighted by molar-refractivity contribution is 5.93. The van der Waals surface area contributed by atoms with Gasteiger partial charge in [-0.3, -0.25) is 9.48 Å². The van der Waals surface area contributed by atoms with Crippen LogP contribution >= 0.6 is 0 Å². The van der Waals surface area contributed by atoms with E-state index in [0.29, 0.717) is 17.8 Å². The van der Waals surface area contributed by atoms with Gasteiger partial charge in [0.1, 0.15) is 5.69 Å². The Balaban J connectivity index is 1.49. The van der Waals surface area contributed by atoms with E-state index in [4.69, 9.17) is 0 Å². The third-order valence-electron chi connectivity index (χ3n) is 3.67. The van der Waals surface area contributed by atoms with Gasteiger partial charge in [-0.15, -0.1) is 5.10 Å². The molecule has 1 aliphatic carbocycles. The van der Waals surface area contributed by atoms with E-state index in [9.17, 15) is 13.6 Å². The highest BCUT2D eigenvalue weighted by Crippen LogP contribution is 2.42. The maximum absolute atomic E-state index is 12.8. The number of halogens is 2. The molecule has 2 aromatic rings. The minimum absolute atomic E-state index is 0.0524. The van der Waals surface area contributed by atoms with E-state index in [1.807, 2.05) is 6.07 Å². The fourth-order valence-electron chi connectivity index (χ4n) is 2.55. The van der Waals surface area contributed by atoms with Gasteiger partial charge < -0.3 is 5.32 Å². The molecule has 5 nitrogen and oxygen atoms in total. The normalized spacial score (nSPS) is 17.0. The van der Waals surface area contributed by atoms with Crippen LogP contribution in [0.2, 0.25) is 0 Å². The van der Waals surface area contributed by atoms with E-state index in [1.165, 1.54) is 0 Å². The smallest absolute Gasteiger partial charge is 0.251 e. The summed E-state index contributed by atoms with van der Waals surface area (Å²) < 4.78 is 27.1. The summed E-state index contributed by atoms with van der Waals surface area (Å²) in [4.78, 5) is 11.9. The van der Waals surface area contributed by atoms with Gasteiger partial charge in [-0.1, -0.05) is 23.4 Å². The molecule has 0 aliphatic heterocycles. The fourth-order valence-corrected chi connectivity index (χ4v) is 2.55. The zero-order valence-corrected chi connectivity index (χ0v) is 11.9. The monoisotopic (exact) mass is 306 g/mol. The third kappa shape index (κ3) is 3.47. The van der Waals surface area contributed by atoms with Gasteiger partial charge in [-0.2, -0.15) is 0 Å². The minimum Gasteiger partial charge on any atom is -0.346 e. The van der Waals surface area contributed by atoms with Crippen molar-refractivity contribution in [3.63, 3.8) is 0 Å². The van der Waals surface area contributed by atoms with Crippen molar-refractivity contribution in [3.05, 3.63) is 47.8 Å². The number of amides is 1. The highest BCUT2D eigenvalue weighted by Gasteiger charge is 2.45. The van der Waals surface area contributed by atoms with Gasteiger partial charge in [0.15, 0.2) is 0 Å². The Morgan fingerprint density at radius 3 is 2.73 bits per heavy atom. The van der Waals surface area contributed by atoms with Gasteiger partial charge in [0.05, 0.1) is 12.7 Å². The van der Waals surface area contributed by atoms with Gasteiger partial charge in [-0.05, 0) is 18.1 Å². The van der Waals surface area contributed by atoms with E-state index in [-0.39, 0.29) is 31.2 Å². The lowest BCUT2D eigenvalue weighted by molar-refractivity contribution is -0.114. The number of nitrogens with one attached hydrogen (secondary N) is 1. The number of rotatable bonds is 5. The summed E-state index contributed by atoms with van der Waals surface area (Å²) >= 11 is 0. The summed E-state index contributed by atoms with van der Waals surface area (Å²) in [5, 5.41) is 10.6. The summed E-state index contributed by atoms with van der Waals surface area (Å²) in [7, 11) is 0. The molecule has 1 aromatic heterocycles. The molecule has 7 heteroatoms. The predicted octanol–water partition coefficient (Wildman–Crippen LogP) is 2.25. The van der Waals surface area contributed by atoms with E-state index < -0.39 is 5.92 Å². The Morgan fingerprint density at radius 2 is 2.05 bits per heavy atom. The lowest BCUT2D eigenvalue weighted by atomic mass is 9.81. The summed E-state index contributed by atoms with van der Waals surface area (Å²) in [6, 6.07) is 8.87. The second-order valence-corrected chi connectivity index (χ2v) is 5.61. The van der Waals surface area contributed by atoms with Crippen LogP contribution in [0.3, 0.4) is 0 Å². The average Bonchev–Trinajstić information content (AvgIpc) is 2.91. The maximum Gasteiger partial charge on any atom is 0.251 e. The SMILES string of the molecule is O=C(NCc1cn(CC2CC(F)(F)C2)nn1)c1ccccc1. The molecule has 0 saturated heterocycles. The molecule has 116 valence electrons. The molecular formula is C15H16F2N4O. The van der Waals surface area contributed by atoms with Crippen LogP contribution in [0.25, 0.3) is 0 Å². The third-order valence-corrected chi connectivity index (χ3v) is 3.67. The van der Waals surface area contributed by atoms with Crippen molar-refractivity contribution in [2.24, 2.45) is 5.92 Å². The maximum atomic E-state index is 12.8. The van der Waals surface area contributed by atoms with Crippen LogP contribution < -0.4 is 5.32 Å². The van der Waals surface area contributed by atoms with Gasteiger partial charge in [0, 0.05) is 24.9 Å². The first-order chi connectivity index (χ1) is 10.5. The molecule has 1 aliphatic rings. The van der Waals surface area contributed by atoms with E-state index in [2.05, 4.69) is 15.6 Å². The summed E-state index contributed by atoms with van der Waals surface area (Å²) in [5.41, 5.74) is 1.18. The molecule has 0 spiro atoms. The molecule has 3 rings (SSSR count). The van der Waals surface area contributed by atoms with Crippen molar-refractivity contribution in [3.8, 4) is 0 Å². The van der Waals surface area contributed by atoms with E-state index in [0.717, 1.165) is 0 Å². The first kappa shape index (κ1) is 14.6. The molecule has 1 N–H and O–H groups in total. The van der Waals surface area contributed by atoms with Crippen LogP contribution in [0, 0.1) is 5.92 Å². The van der Waals surface area contributed by atoms with E-state index >= 15 is 0 Å². The van der Waals surface area contributed by atoms with Crippen molar-refractivity contribution in [1.82, 2.24) is 20.3 Å². The van der Waals surface area contributed by atoms with Crippen LogP contribution in [-0.4, -0.2) is 26.8 Å². The average molecular weight is 306 g/mol. The molecule has 0 unspecified atom stereocenters. The van der Waals surface area contributed by atoms with Gasteiger partial charge in [0.2, 0.25) is 5.92 Å². The second-order valence-electron chi connectivity index (χ2n) is 5.61. The molecule has 1 fully saturated rings. The molecular weight excluding hydrogens is 290 g/mol. The lowest BCUT2D eigenvalue weighted by Gasteiger charge is -2.34. The Labute approximate surface area is 126 Å². The van der Waals surface area contributed by atoms with Crippen LogP contribution in [-0.2, 0) is 13.1 Å². The van der Waals surface area contributed by atoms with Gasteiger partial charge in [-0.25, -0.2) is 8.78 Å². The summed E-state index contributed by atoms with van der Waals surface area (Å²) in [5.74, 6) is -2.75. The highest BCUT2D eigenvalue weighted by atomic mass is 19.3. The predicted molar refractivity (Wildman–Crippen MR) is 75.3 cm³/mol. The molecule has 0 bridgehead atoms.